The number of hydrogen-bond donors (Lipinski definition) is 2. The van der Waals surface area contributed by atoms with Crippen LogP contribution in [0.15, 0.2) is 41.5 Å². The van der Waals surface area contributed by atoms with Crippen LogP contribution in [0, 0.1) is 0 Å². The Kier molecular flexibility index (Phi) is 4.89. The minimum absolute atomic E-state index is 0.124. The summed E-state index contributed by atoms with van der Waals surface area (Å²) in [5, 5.41) is 14.4. The topological polar surface area (TPSA) is 74.2 Å². The molecule has 1 aliphatic heterocycles. The Morgan fingerprint density at radius 3 is 2.70 bits per heavy atom. The Morgan fingerprint density at radius 1 is 1.22 bits per heavy atom. The van der Waals surface area contributed by atoms with Gasteiger partial charge in [-0.3, -0.25) is 4.79 Å². The van der Waals surface area contributed by atoms with Gasteiger partial charge in [0.15, 0.2) is 0 Å². The van der Waals surface area contributed by atoms with Gasteiger partial charge in [0.2, 0.25) is 0 Å². The third-order valence-electron chi connectivity index (χ3n) is 3.42. The van der Waals surface area contributed by atoms with Gasteiger partial charge in [-0.2, -0.15) is 5.10 Å². The van der Waals surface area contributed by atoms with Gasteiger partial charge in [-0.25, -0.2) is 5.43 Å². The summed E-state index contributed by atoms with van der Waals surface area (Å²) < 4.78 is 5.34. The van der Waals surface area contributed by atoms with Crippen LogP contribution in [0.5, 0.6) is 5.75 Å². The first kappa shape index (κ1) is 15.5. The van der Waals surface area contributed by atoms with Gasteiger partial charge in [0.25, 0.3) is 5.91 Å². The van der Waals surface area contributed by atoms with E-state index in [0.29, 0.717) is 5.56 Å². The number of nitrogens with zero attached hydrogens (tertiary/aromatic N) is 2. The largest absolute Gasteiger partial charge is 0.508 e. The number of benzene rings is 1. The van der Waals surface area contributed by atoms with Gasteiger partial charge in [-0.1, -0.05) is 0 Å². The summed E-state index contributed by atoms with van der Waals surface area (Å²) in [7, 11) is 0. The lowest BCUT2D eigenvalue weighted by Crippen LogP contribution is -2.35. The molecule has 23 heavy (non-hydrogen) atoms. The number of aromatic hydroxyl groups is 1. The molecule has 7 heteroatoms. The maximum Gasteiger partial charge on any atom is 0.271 e. The first-order valence-corrected chi connectivity index (χ1v) is 8.09. The van der Waals surface area contributed by atoms with E-state index in [1.54, 1.807) is 29.7 Å². The van der Waals surface area contributed by atoms with Crippen LogP contribution in [-0.2, 0) is 4.74 Å². The Balaban J connectivity index is 1.56. The van der Waals surface area contributed by atoms with Gasteiger partial charge >= 0.3 is 0 Å². The van der Waals surface area contributed by atoms with Crippen molar-refractivity contribution < 1.29 is 14.6 Å². The van der Waals surface area contributed by atoms with E-state index >= 15 is 0 Å². The average molecular weight is 331 g/mol. The number of phenols is 1. The Labute approximate surface area is 138 Å². The number of amides is 1. The van der Waals surface area contributed by atoms with Crippen LogP contribution in [0.4, 0.5) is 5.00 Å². The van der Waals surface area contributed by atoms with Crippen molar-refractivity contribution in [2.45, 2.75) is 0 Å². The molecule has 0 bridgehead atoms. The lowest BCUT2D eigenvalue weighted by atomic mass is 10.2. The second-order valence-corrected chi connectivity index (χ2v) is 6.12. The second kappa shape index (κ2) is 7.26. The average Bonchev–Trinajstić information content (AvgIpc) is 3.05. The molecule has 2 heterocycles. The highest BCUT2D eigenvalue weighted by Gasteiger charge is 2.12. The van der Waals surface area contributed by atoms with E-state index in [0.717, 1.165) is 31.2 Å². The van der Waals surface area contributed by atoms with Crippen molar-refractivity contribution in [2.75, 3.05) is 31.2 Å². The zero-order valence-corrected chi connectivity index (χ0v) is 13.3. The number of hydrogen-bond acceptors (Lipinski definition) is 6. The molecule has 1 amide bonds. The number of anilines is 1. The molecule has 1 aromatic carbocycles. The maximum atomic E-state index is 11.9. The molecule has 0 saturated carbocycles. The van der Waals surface area contributed by atoms with Gasteiger partial charge < -0.3 is 14.7 Å². The Bertz CT molecular complexity index is 691. The molecule has 2 aromatic rings. The summed E-state index contributed by atoms with van der Waals surface area (Å²) in [6.45, 7) is 3.30. The SMILES string of the molecule is O=C(N/N=C\c1ccc(N2CCOCC2)s1)c1ccc(O)cc1. The molecule has 1 fully saturated rings. The molecule has 120 valence electrons. The van der Waals surface area contributed by atoms with Crippen LogP contribution >= 0.6 is 11.3 Å². The van der Waals surface area contributed by atoms with E-state index in [-0.39, 0.29) is 11.7 Å². The number of carbonyl (C=O) groups is 1. The molecule has 0 radical (unpaired) electrons. The van der Waals surface area contributed by atoms with Gasteiger partial charge in [0.1, 0.15) is 5.75 Å². The van der Waals surface area contributed by atoms with Gasteiger partial charge in [0.05, 0.1) is 24.4 Å². The molecule has 1 saturated heterocycles. The van der Waals surface area contributed by atoms with Gasteiger partial charge in [-0.05, 0) is 36.4 Å². The normalized spacial score (nSPS) is 15.0. The molecule has 1 aliphatic rings. The van der Waals surface area contributed by atoms with Crippen LogP contribution < -0.4 is 10.3 Å². The quantitative estimate of drug-likeness (QED) is 0.664. The highest BCUT2D eigenvalue weighted by atomic mass is 32.1. The van der Waals surface area contributed by atoms with E-state index in [9.17, 15) is 9.90 Å². The third kappa shape index (κ3) is 4.08. The highest BCUT2D eigenvalue weighted by Crippen LogP contribution is 2.25. The molecule has 3 rings (SSSR count). The Hall–Kier alpha value is -2.38. The van der Waals surface area contributed by atoms with E-state index in [1.165, 1.54) is 17.1 Å². The van der Waals surface area contributed by atoms with Gasteiger partial charge in [0, 0.05) is 23.5 Å². The molecule has 0 spiro atoms. The minimum Gasteiger partial charge on any atom is -0.508 e. The lowest BCUT2D eigenvalue weighted by Gasteiger charge is -2.27. The van der Waals surface area contributed by atoms with Crippen LogP contribution in [0.25, 0.3) is 0 Å². The van der Waals surface area contributed by atoms with Crippen molar-refractivity contribution in [1.82, 2.24) is 5.43 Å². The fraction of sp³-hybridized carbons (Fsp3) is 0.250. The Morgan fingerprint density at radius 2 is 1.96 bits per heavy atom. The number of hydrazone groups is 1. The number of phenolic OH excluding ortho intramolecular Hbond substituents is 1. The lowest BCUT2D eigenvalue weighted by molar-refractivity contribution is 0.0955. The number of nitrogens with one attached hydrogen (secondary N) is 1. The van der Waals surface area contributed by atoms with Gasteiger partial charge in [-0.15, -0.1) is 11.3 Å². The molecule has 0 aliphatic carbocycles. The van der Waals surface area contributed by atoms with Crippen molar-refractivity contribution in [3.05, 3.63) is 46.8 Å². The van der Waals surface area contributed by atoms with E-state index in [2.05, 4.69) is 21.5 Å². The molecular formula is C16H17N3O3S. The van der Waals surface area contributed by atoms with Crippen molar-refractivity contribution in [3.8, 4) is 5.75 Å². The van der Waals surface area contributed by atoms with Crippen molar-refractivity contribution in [2.24, 2.45) is 5.10 Å². The minimum atomic E-state index is -0.314. The van der Waals surface area contributed by atoms with Crippen molar-refractivity contribution in [1.29, 1.82) is 0 Å². The number of rotatable bonds is 4. The monoisotopic (exact) mass is 331 g/mol. The van der Waals surface area contributed by atoms with E-state index in [1.807, 2.05) is 6.07 Å². The zero-order chi connectivity index (χ0) is 16.1. The molecule has 2 N–H and O–H groups in total. The van der Waals surface area contributed by atoms with Crippen LogP contribution in [0.2, 0.25) is 0 Å². The number of thiophene rings is 1. The molecule has 6 nitrogen and oxygen atoms in total. The summed E-state index contributed by atoms with van der Waals surface area (Å²) in [5.74, 6) is -0.189. The molecule has 0 atom stereocenters. The first-order valence-electron chi connectivity index (χ1n) is 7.27. The standard InChI is InChI=1S/C16H17N3O3S/c20-13-3-1-12(2-4-13)16(21)18-17-11-14-5-6-15(23-14)19-7-9-22-10-8-19/h1-6,11,20H,7-10H2,(H,18,21)/b17-11-. The fourth-order valence-electron chi connectivity index (χ4n) is 2.20. The predicted molar refractivity (Wildman–Crippen MR) is 90.5 cm³/mol. The van der Waals surface area contributed by atoms with Crippen molar-refractivity contribution in [3.63, 3.8) is 0 Å². The number of carbonyl (C=O) groups excluding carboxylic acids is 1. The summed E-state index contributed by atoms with van der Waals surface area (Å²) in [4.78, 5) is 15.1. The summed E-state index contributed by atoms with van der Waals surface area (Å²) >= 11 is 1.63. The molecule has 1 aromatic heterocycles. The van der Waals surface area contributed by atoms with Crippen LogP contribution in [0.1, 0.15) is 15.2 Å². The highest BCUT2D eigenvalue weighted by molar-refractivity contribution is 7.17. The number of morpholine rings is 1. The molecular weight excluding hydrogens is 314 g/mol. The van der Waals surface area contributed by atoms with E-state index < -0.39 is 0 Å². The number of ether oxygens (including phenoxy) is 1. The first-order chi connectivity index (χ1) is 11.2. The maximum absolute atomic E-state index is 11.9. The molecule has 0 unspecified atom stereocenters. The smallest absolute Gasteiger partial charge is 0.271 e. The second-order valence-electron chi connectivity index (χ2n) is 5.02. The fourth-order valence-corrected chi connectivity index (χ4v) is 3.13. The predicted octanol–water partition coefficient (Wildman–Crippen LogP) is 2.05. The van der Waals surface area contributed by atoms with Crippen LogP contribution in [0.3, 0.4) is 0 Å². The third-order valence-corrected chi connectivity index (χ3v) is 4.50. The summed E-state index contributed by atoms with van der Waals surface area (Å²) in [5.41, 5.74) is 2.92. The van der Waals surface area contributed by atoms with Crippen molar-refractivity contribution >= 4 is 28.5 Å². The summed E-state index contributed by atoms with van der Waals surface area (Å²) in [6, 6.07) is 10.0. The van der Waals surface area contributed by atoms with Crippen LogP contribution in [-0.4, -0.2) is 43.5 Å². The summed E-state index contributed by atoms with van der Waals surface area (Å²) in [6.07, 6.45) is 1.63. The zero-order valence-electron chi connectivity index (χ0n) is 12.4. The van der Waals surface area contributed by atoms with E-state index in [4.69, 9.17) is 4.74 Å².